The van der Waals surface area contributed by atoms with Gasteiger partial charge in [-0.25, -0.2) is 12.8 Å². The first kappa shape index (κ1) is 15.7. The molecule has 0 aromatic heterocycles. The second kappa shape index (κ2) is 6.41. The average Bonchev–Trinajstić information content (AvgIpc) is 2.37. The van der Waals surface area contributed by atoms with Crippen molar-refractivity contribution in [3.05, 3.63) is 34.6 Å². The van der Waals surface area contributed by atoms with Crippen LogP contribution in [0.2, 0.25) is 5.02 Å². The van der Waals surface area contributed by atoms with Gasteiger partial charge in [-0.15, -0.1) is 0 Å². The van der Waals surface area contributed by atoms with Crippen LogP contribution in [0.1, 0.15) is 31.2 Å². The molecule has 2 rings (SSSR count). The van der Waals surface area contributed by atoms with Gasteiger partial charge in [0.1, 0.15) is 15.7 Å². The van der Waals surface area contributed by atoms with Gasteiger partial charge in [-0.2, -0.15) is 0 Å². The SMILES string of the molecule is CS(=O)(=O)C1CCC(NCc2ccc(Cl)cc2F)CC1. The van der Waals surface area contributed by atoms with E-state index in [4.69, 9.17) is 11.6 Å². The largest absolute Gasteiger partial charge is 0.310 e. The molecule has 0 atom stereocenters. The molecule has 0 unspecified atom stereocenters. The van der Waals surface area contributed by atoms with Crippen LogP contribution in [-0.2, 0) is 16.4 Å². The molecule has 1 saturated carbocycles. The molecule has 1 fully saturated rings. The van der Waals surface area contributed by atoms with E-state index in [2.05, 4.69) is 5.32 Å². The molecule has 1 aliphatic carbocycles. The molecule has 0 spiro atoms. The monoisotopic (exact) mass is 319 g/mol. The number of rotatable bonds is 4. The van der Waals surface area contributed by atoms with Gasteiger partial charge in [-0.05, 0) is 37.8 Å². The van der Waals surface area contributed by atoms with Gasteiger partial charge < -0.3 is 5.32 Å². The quantitative estimate of drug-likeness (QED) is 0.928. The molecular weight excluding hydrogens is 301 g/mol. The van der Waals surface area contributed by atoms with Gasteiger partial charge >= 0.3 is 0 Å². The van der Waals surface area contributed by atoms with E-state index in [-0.39, 0.29) is 17.1 Å². The molecule has 3 nitrogen and oxygen atoms in total. The van der Waals surface area contributed by atoms with Gasteiger partial charge in [-0.3, -0.25) is 0 Å². The summed E-state index contributed by atoms with van der Waals surface area (Å²) in [4.78, 5) is 0. The maximum Gasteiger partial charge on any atom is 0.150 e. The Balaban J connectivity index is 1.84. The number of hydrogen-bond acceptors (Lipinski definition) is 3. The van der Waals surface area contributed by atoms with E-state index < -0.39 is 9.84 Å². The first-order valence-electron chi connectivity index (χ1n) is 6.72. The summed E-state index contributed by atoms with van der Waals surface area (Å²) in [6, 6.07) is 4.90. The van der Waals surface area contributed by atoms with Crippen LogP contribution in [0.3, 0.4) is 0 Å². The van der Waals surface area contributed by atoms with Crippen molar-refractivity contribution in [3.8, 4) is 0 Å². The van der Waals surface area contributed by atoms with Crippen molar-refractivity contribution in [2.24, 2.45) is 0 Å². The standard InChI is InChI=1S/C14H19ClFNO2S/c1-20(18,19)13-6-4-12(5-7-13)17-9-10-2-3-11(15)8-14(10)16/h2-3,8,12-13,17H,4-7,9H2,1H3. The molecule has 1 N–H and O–H groups in total. The van der Waals surface area contributed by atoms with Crippen molar-refractivity contribution in [2.75, 3.05) is 6.26 Å². The summed E-state index contributed by atoms with van der Waals surface area (Å²) in [7, 11) is -2.93. The van der Waals surface area contributed by atoms with E-state index in [1.165, 1.54) is 12.3 Å². The second-order valence-corrected chi connectivity index (χ2v) is 8.18. The van der Waals surface area contributed by atoms with Crippen LogP contribution in [0, 0.1) is 5.82 Å². The number of hydrogen-bond donors (Lipinski definition) is 1. The molecule has 0 aliphatic heterocycles. The van der Waals surface area contributed by atoms with Crippen LogP contribution in [0.15, 0.2) is 18.2 Å². The van der Waals surface area contributed by atoms with Crippen molar-refractivity contribution < 1.29 is 12.8 Å². The Bertz CT molecular complexity index is 569. The van der Waals surface area contributed by atoms with Crippen molar-refractivity contribution in [3.63, 3.8) is 0 Å². The molecule has 0 bridgehead atoms. The normalized spacial score (nSPS) is 23.8. The number of nitrogens with one attached hydrogen (secondary N) is 1. The summed E-state index contributed by atoms with van der Waals surface area (Å²) in [6.45, 7) is 0.442. The molecule has 6 heteroatoms. The Morgan fingerprint density at radius 3 is 2.50 bits per heavy atom. The highest BCUT2D eigenvalue weighted by Crippen LogP contribution is 2.24. The summed E-state index contributed by atoms with van der Waals surface area (Å²) in [6.07, 6.45) is 4.29. The summed E-state index contributed by atoms with van der Waals surface area (Å²) < 4.78 is 36.6. The molecule has 112 valence electrons. The minimum atomic E-state index is -2.93. The van der Waals surface area contributed by atoms with Gasteiger partial charge in [0.15, 0.2) is 0 Å². The van der Waals surface area contributed by atoms with Crippen LogP contribution in [0.4, 0.5) is 4.39 Å². The van der Waals surface area contributed by atoms with E-state index in [9.17, 15) is 12.8 Å². The predicted molar refractivity (Wildman–Crippen MR) is 79.1 cm³/mol. The van der Waals surface area contributed by atoms with Gasteiger partial charge in [0, 0.05) is 29.4 Å². The Hall–Kier alpha value is -0.650. The fourth-order valence-corrected chi connectivity index (χ4v) is 3.90. The smallest absolute Gasteiger partial charge is 0.150 e. The fourth-order valence-electron chi connectivity index (χ4n) is 2.61. The lowest BCUT2D eigenvalue weighted by molar-refractivity contribution is 0.369. The van der Waals surface area contributed by atoms with E-state index in [0.717, 1.165) is 12.8 Å². The van der Waals surface area contributed by atoms with E-state index in [1.807, 2.05) is 0 Å². The van der Waals surface area contributed by atoms with Crippen LogP contribution < -0.4 is 5.32 Å². The molecule has 1 aromatic rings. The van der Waals surface area contributed by atoms with E-state index in [1.54, 1.807) is 12.1 Å². The van der Waals surface area contributed by atoms with Crippen LogP contribution in [0.25, 0.3) is 0 Å². The maximum absolute atomic E-state index is 13.6. The molecule has 0 radical (unpaired) electrons. The molecular formula is C14H19ClFNO2S. The van der Waals surface area contributed by atoms with Gasteiger partial charge in [0.2, 0.25) is 0 Å². The molecule has 0 heterocycles. The molecule has 20 heavy (non-hydrogen) atoms. The predicted octanol–water partition coefficient (Wildman–Crippen LogP) is 2.92. The van der Waals surface area contributed by atoms with Crippen molar-refractivity contribution in [1.29, 1.82) is 0 Å². The van der Waals surface area contributed by atoms with Gasteiger partial charge in [0.25, 0.3) is 0 Å². The van der Waals surface area contributed by atoms with E-state index >= 15 is 0 Å². The molecule has 1 aromatic carbocycles. The summed E-state index contributed by atoms with van der Waals surface area (Å²) in [5, 5.41) is 3.47. The lowest BCUT2D eigenvalue weighted by atomic mass is 9.95. The fraction of sp³-hybridized carbons (Fsp3) is 0.571. The first-order valence-corrected chi connectivity index (χ1v) is 9.05. The molecule has 1 aliphatic rings. The van der Waals surface area contributed by atoms with Gasteiger partial charge in [-0.1, -0.05) is 17.7 Å². The summed E-state index contributed by atoms with van der Waals surface area (Å²) >= 11 is 5.71. The minimum Gasteiger partial charge on any atom is -0.310 e. The van der Waals surface area contributed by atoms with Crippen molar-refractivity contribution in [1.82, 2.24) is 5.32 Å². The minimum absolute atomic E-state index is 0.215. The van der Waals surface area contributed by atoms with E-state index in [0.29, 0.717) is 30.0 Å². The third-order valence-corrected chi connectivity index (χ3v) is 5.79. The Morgan fingerprint density at radius 2 is 1.95 bits per heavy atom. The Kier molecular flexibility index (Phi) is 5.04. The number of sulfone groups is 1. The maximum atomic E-state index is 13.6. The first-order chi connectivity index (χ1) is 9.36. The van der Waals surface area contributed by atoms with Crippen molar-refractivity contribution in [2.45, 2.75) is 43.5 Å². The Labute approximate surface area is 124 Å². The third kappa shape index (κ3) is 4.17. The zero-order valence-electron chi connectivity index (χ0n) is 11.4. The lowest BCUT2D eigenvalue weighted by Crippen LogP contribution is -2.36. The number of halogens is 2. The third-order valence-electron chi connectivity index (χ3n) is 3.88. The van der Waals surface area contributed by atoms with Crippen LogP contribution in [0.5, 0.6) is 0 Å². The zero-order valence-corrected chi connectivity index (χ0v) is 13.0. The van der Waals surface area contributed by atoms with Crippen molar-refractivity contribution >= 4 is 21.4 Å². The summed E-state index contributed by atoms with van der Waals surface area (Å²) in [5.74, 6) is -0.310. The molecule has 0 saturated heterocycles. The number of benzene rings is 1. The second-order valence-electron chi connectivity index (χ2n) is 5.42. The topological polar surface area (TPSA) is 46.2 Å². The average molecular weight is 320 g/mol. The highest BCUT2D eigenvalue weighted by molar-refractivity contribution is 7.91. The summed E-state index contributed by atoms with van der Waals surface area (Å²) in [5.41, 5.74) is 0.583. The van der Waals surface area contributed by atoms with Crippen LogP contribution in [-0.4, -0.2) is 26.0 Å². The highest BCUT2D eigenvalue weighted by Gasteiger charge is 2.27. The van der Waals surface area contributed by atoms with Crippen LogP contribution >= 0.6 is 11.6 Å². The zero-order chi connectivity index (χ0) is 14.8. The van der Waals surface area contributed by atoms with Gasteiger partial charge in [0.05, 0.1) is 5.25 Å². The Morgan fingerprint density at radius 1 is 1.30 bits per heavy atom. The lowest BCUT2D eigenvalue weighted by Gasteiger charge is -2.28. The highest BCUT2D eigenvalue weighted by atomic mass is 35.5. The molecule has 0 amide bonds.